The Balaban J connectivity index is 1.35. The van der Waals surface area contributed by atoms with E-state index in [0.717, 1.165) is 41.5 Å². The normalized spacial score (nSPS) is 15.8. The van der Waals surface area contributed by atoms with Crippen LogP contribution < -0.4 is 9.64 Å². The van der Waals surface area contributed by atoms with Crippen LogP contribution in [0, 0.1) is 18.3 Å². The summed E-state index contributed by atoms with van der Waals surface area (Å²) in [5.74, 6) is -0.957. The van der Waals surface area contributed by atoms with Crippen LogP contribution in [0.5, 0.6) is 5.75 Å². The molecule has 3 heterocycles. The molecule has 10 heteroatoms. The van der Waals surface area contributed by atoms with E-state index in [1.165, 1.54) is 29.5 Å². The summed E-state index contributed by atoms with van der Waals surface area (Å²) >= 11 is 1.21. The third-order valence-electron chi connectivity index (χ3n) is 7.12. The monoisotopic (exact) mass is 544 g/mol. The predicted octanol–water partition coefficient (Wildman–Crippen LogP) is 3.81. The quantitative estimate of drug-likeness (QED) is 0.327. The van der Waals surface area contributed by atoms with Crippen molar-refractivity contribution in [1.29, 1.82) is 5.26 Å². The smallest absolute Gasteiger partial charge is 0.338 e. The number of hydrogen-bond acceptors (Lipinski definition) is 9. The van der Waals surface area contributed by atoms with Crippen LogP contribution in [0.2, 0.25) is 0 Å². The summed E-state index contributed by atoms with van der Waals surface area (Å²) in [6.07, 6.45) is 0. The molecule has 2 aromatic carbocycles. The van der Waals surface area contributed by atoms with E-state index in [4.69, 9.17) is 9.47 Å². The van der Waals surface area contributed by atoms with E-state index >= 15 is 0 Å². The Hall–Kier alpha value is -4.04. The summed E-state index contributed by atoms with van der Waals surface area (Å²) in [5, 5.41) is 10.3. The van der Waals surface area contributed by atoms with E-state index in [1.807, 2.05) is 19.1 Å². The zero-order valence-electron chi connectivity index (χ0n) is 22.0. The maximum atomic E-state index is 13.5. The molecule has 0 atom stereocenters. The maximum Gasteiger partial charge on any atom is 0.338 e. The van der Waals surface area contributed by atoms with Gasteiger partial charge in [-0.1, -0.05) is 12.1 Å². The van der Waals surface area contributed by atoms with Gasteiger partial charge in [0.05, 0.1) is 29.4 Å². The Morgan fingerprint density at radius 3 is 2.38 bits per heavy atom. The number of carbonyl (C=O) groups is 3. The number of esters is 1. The molecule has 1 aromatic heterocycles. The zero-order chi connectivity index (χ0) is 27.7. The minimum Gasteiger partial charge on any atom is -0.497 e. The zero-order valence-corrected chi connectivity index (χ0v) is 22.8. The van der Waals surface area contributed by atoms with E-state index in [1.54, 1.807) is 19.2 Å². The van der Waals surface area contributed by atoms with Crippen LogP contribution in [0.3, 0.4) is 0 Å². The number of anilines is 1. The molecule has 39 heavy (non-hydrogen) atoms. The number of benzene rings is 2. The number of rotatable bonds is 7. The van der Waals surface area contributed by atoms with Gasteiger partial charge in [0, 0.05) is 43.2 Å². The van der Waals surface area contributed by atoms with Crippen molar-refractivity contribution in [2.75, 3.05) is 58.4 Å². The van der Waals surface area contributed by atoms with Gasteiger partial charge in [-0.25, -0.2) is 9.69 Å². The lowest BCUT2D eigenvalue weighted by atomic mass is 10.0. The topological polar surface area (TPSA) is 103 Å². The summed E-state index contributed by atoms with van der Waals surface area (Å²) in [4.78, 5) is 45.8. The molecule has 200 valence electrons. The van der Waals surface area contributed by atoms with Gasteiger partial charge in [0.1, 0.15) is 23.4 Å². The molecule has 0 N–H and O–H groups in total. The van der Waals surface area contributed by atoms with E-state index in [0.29, 0.717) is 17.9 Å². The molecule has 0 radical (unpaired) electrons. The van der Waals surface area contributed by atoms with E-state index in [-0.39, 0.29) is 33.9 Å². The van der Waals surface area contributed by atoms with Crippen molar-refractivity contribution < 1.29 is 23.9 Å². The molecule has 9 nitrogen and oxygen atoms in total. The minimum atomic E-state index is -0.568. The number of hydrogen-bond donors (Lipinski definition) is 0. The highest BCUT2D eigenvalue weighted by Crippen LogP contribution is 2.44. The molecule has 2 aliphatic rings. The van der Waals surface area contributed by atoms with E-state index in [9.17, 15) is 19.6 Å². The SMILES string of the molecule is COc1ccc(-c2c(C)sc(N3C(=O)c4ccc(C(=O)OCCN5CCN(C)CC5)cc4C3=O)c2C#N)cc1. The van der Waals surface area contributed by atoms with Gasteiger partial charge in [0.15, 0.2) is 0 Å². The van der Waals surface area contributed by atoms with Gasteiger partial charge < -0.3 is 14.4 Å². The highest BCUT2D eigenvalue weighted by molar-refractivity contribution is 7.17. The molecule has 0 spiro atoms. The Labute approximate surface area is 230 Å². The van der Waals surface area contributed by atoms with Crippen LogP contribution in [0.15, 0.2) is 42.5 Å². The highest BCUT2D eigenvalue weighted by Gasteiger charge is 2.40. The fourth-order valence-corrected chi connectivity index (χ4v) is 5.99. The van der Waals surface area contributed by atoms with Crippen LogP contribution >= 0.6 is 11.3 Å². The largest absolute Gasteiger partial charge is 0.497 e. The number of aryl methyl sites for hydroxylation is 1. The van der Waals surface area contributed by atoms with Gasteiger partial charge in [-0.05, 0) is 49.9 Å². The molecule has 0 bridgehead atoms. The van der Waals surface area contributed by atoms with Gasteiger partial charge in [-0.15, -0.1) is 11.3 Å². The molecule has 5 rings (SSSR count). The first-order valence-electron chi connectivity index (χ1n) is 12.6. The summed E-state index contributed by atoms with van der Waals surface area (Å²) in [6, 6.07) is 13.8. The van der Waals surface area contributed by atoms with Crippen LogP contribution in [-0.4, -0.2) is 81.1 Å². The first kappa shape index (κ1) is 26.6. The lowest BCUT2D eigenvalue weighted by Crippen LogP contribution is -2.45. The molecular formula is C29H28N4O5S. The molecule has 0 aliphatic carbocycles. The summed E-state index contributed by atoms with van der Waals surface area (Å²) in [6.45, 7) is 6.53. The Morgan fingerprint density at radius 2 is 1.72 bits per heavy atom. The number of thiophene rings is 1. The molecule has 1 fully saturated rings. The fraction of sp³-hybridized carbons (Fsp3) is 0.310. The number of ether oxygens (including phenoxy) is 2. The maximum absolute atomic E-state index is 13.5. The summed E-state index contributed by atoms with van der Waals surface area (Å²) in [5.41, 5.74) is 2.22. The number of nitriles is 1. The van der Waals surface area contributed by atoms with Crippen molar-refractivity contribution in [3.63, 3.8) is 0 Å². The predicted molar refractivity (Wildman–Crippen MR) is 148 cm³/mol. The second-order valence-corrected chi connectivity index (χ2v) is 10.7. The number of amides is 2. The van der Waals surface area contributed by atoms with Crippen molar-refractivity contribution in [3.8, 4) is 22.9 Å². The van der Waals surface area contributed by atoms with Crippen molar-refractivity contribution in [2.24, 2.45) is 0 Å². The van der Waals surface area contributed by atoms with Gasteiger partial charge >= 0.3 is 5.97 Å². The highest BCUT2D eigenvalue weighted by atomic mass is 32.1. The number of carbonyl (C=O) groups excluding carboxylic acids is 3. The van der Waals surface area contributed by atoms with Gasteiger partial charge in [-0.3, -0.25) is 14.5 Å². The van der Waals surface area contributed by atoms with Crippen molar-refractivity contribution in [1.82, 2.24) is 9.80 Å². The standard InChI is InChI=1S/C29H28N4O5S/c1-18-25(19-4-7-21(37-3)8-5-19)24(17-30)28(39-18)33-26(34)22-9-6-20(16-23(22)27(33)35)29(36)38-15-14-32-12-10-31(2)11-13-32/h4-9,16H,10-15H2,1-3H3. The van der Waals surface area contributed by atoms with Gasteiger partial charge in [-0.2, -0.15) is 5.26 Å². The molecule has 2 amide bonds. The van der Waals surface area contributed by atoms with E-state index in [2.05, 4.69) is 22.9 Å². The second kappa shape index (κ2) is 11.0. The molecular weight excluding hydrogens is 516 g/mol. The third-order valence-corrected chi connectivity index (χ3v) is 8.21. The fourth-order valence-electron chi connectivity index (χ4n) is 4.87. The number of nitrogens with zero attached hydrogens (tertiary/aromatic N) is 4. The number of likely N-dealkylation sites (N-methyl/N-ethyl adjacent to an activating group) is 1. The van der Waals surface area contributed by atoms with E-state index < -0.39 is 17.8 Å². The number of methoxy groups -OCH3 is 1. The Morgan fingerprint density at radius 1 is 1.03 bits per heavy atom. The lowest BCUT2D eigenvalue weighted by Gasteiger charge is -2.32. The summed E-state index contributed by atoms with van der Waals surface area (Å²) < 4.78 is 10.7. The van der Waals surface area contributed by atoms with Gasteiger partial charge in [0.2, 0.25) is 0 Å². The van der Waals surface area contributed by atoms with Gasteiger partial charge in [0.25, 0.3) is 11.8 Å². The lowest BCUT2D eigenvalue weighted by molar-refractivity contribution is 0.0432. The molecule has 1 saturated heterocycles. The van der Waals surface area contributed by atoms with Crippen LogP contribution in [0.1, 0.15) is 41.5 Å². The first-order valence-corrected chi connectivity index (χ1v) is 13.4. The minimum absolute atomic E-state index is 0.120. The molecule has 0 unspecified atom stereocenters. The molecule has 0 saturated carbocycles. The van der Waals surface area contributed by atoms with Crippen LogP contribution in [0.25, 0.3) is 11.1 Å². The third kappa shape index (κ3) is 5.04. The Kier molecular flexibility index (Phi) is 7.48. The molecule has 3 aromatic rings. The Bertz CT molecular complexity index is 1480. The number of imide groups is 1. The number of fused-ring (bicyclic) bond motifs is 1. The summed E-state index contributed by atoms with van der Waals surface area (Å²) in [7, 11) is 3.66. The number of piperazine rings is 1. The van der Waals surface area contributed by atoms with Crippen LogP contribution in [-0.2, 0) is 4.74 Å². The first-order chi connectivity index (χ1) is 18.8. The van der Waals surface area contributed by atoms with Crippen molar-refractivity contribution in [2.45, 2.75) is 6.92 Å². The van der Waals surface area contributed by atoms with Crippen molar-refractivity contribution >= 4 is 34.1 Å². The average Bonchev–Trinajstić information content (AvgIpc) is 3.41. The second-order valence-electron chi connectivity index (χ2n) is 9.54. The molecule has 2 aliphatic heterocycles. The average molecular weight is 545 g/mol. The van der Waals surface area contributed by atoms with Crippen molar-refractivity contribution in [3.05, 3.63) is 69.6 Å². The van der Waals surface area contributed by atoms with Crippen LogP contribution in [0.4, 0.5) is 5.00 Å².